The molecule has 25 heavy (non-hydrogen) atoms. The summed E-state index contributed by atoms with van der Waals surface area (Å²) in [6.07, 6.45) is 5.51. The zero-order chi connectivity index (χ0) is 17.8. The number of aliphatic hydroxyl groups is 1. The quantitative estimate of drug-likeness (QED) is 0.596. The van der Waals surface area contributed by atoms with E-state index in [9.17, 15) is 9.90 Å². The van der Waals surface area contributed by atoms with Crippen LogP contribution in [-0.2, 0) is 6.42 Å². The van der Waals surface area contributed by atoms with Crippen LogP contribution < -0.4 is 10.1 Å². The van der Waals surface area contributed by atoms with E-state index in [1.165, 1.54) is 0 Å². The Morgan fingerprint density at radius 3 is 3.04 bits per heavy atom. The molecule has 3 rings (SSSR count). The highest BCUT2D eigenvalue weighted by Gasteiger charge is 2.21. The Morgan fingerprint density at radius 1 is 1.52 bits per heavy atom. The highest BCUT2D eigenvalue weighted by molar-refractivity contribution is 5.95. The summed E-state index contributed by atoms with van der Waals surface area (Å²) in [7, 11) is 0. The van der Waals surface area contributed by atoms with Gasteiger partial charge in [-0.25, -0.2) is 9.97 Å². The van der Waals surface area contributed by atoms with Crippen LogP contribution in [0.3, 0.4) is 0 Å². The lowest BCUT2D eigenvalue weighted by Crippen LogP contribution is -2.40. The number of ether oxygens (including phenoxy) is 1. The number of nitrogens with zero attached hydrogens (tertiary/aromatic N) is 3. The van der Waals surface area contributed by atoms with Gasteiger partial charge in [0.05, 0.1) is 37.0 Å². The molecule has 0 aliphatic heterocycles. The van der Waals surface area contributed by atoms with Gasteiger partial charge >= 0.3 is 0 Å². The number of aromatic amines is 1. The maximum absolute atomic E-state index is 12.8. The number of carbonyl (C=O) groups is 1. The van der Waals surface area contributed by atoms with E-state index >= 15 is 0 Å². The summed E-state index contributed by atoms with van der Waals surface area (Å²) >= 11 is 0. The number of rotatable bonds is 7. The van der Waals surface area contributed by atoms with Gasteiger partial charge in [0, 0.05) is 18.8 Å². The van der Waals surface area contributed by atoms with Gasteiger partial charge < -0.3 is 20.1 Å². The molecule has 0 saturated carbocycles. The molecular formula is C17H21N5O3. The number of pyridine rings is 1. The summed E-state index contributed by atoms with van der Waals surface area (Å²) in [5.74, 6) is 0.329. The van der Waals surface area contributed by atoms with Crippen LogP contribution in [0.4, 0.5) is 0 Å². The number of hydrogen-bond donors (Lipinski definition) is 3. The van der Waals surface area contributed by atoms with Gasteiger partial charge in [0.1, 0.15) is 5.69 Å². The number of H-pyrrole nitrogens is 1. The summed E-state index contributed by atoms with van der Waals surface area (Å²) in [6.45, 7) is 4.01. The van der Waals surface area contributed by atoms with Crippen LogP contribution in [-0.4, -0.2) is 49.6 Å². The normalized spacial score (nSPS) is 12.3. The van der Waals surface area contributed by atoms with Crippen molar-refractivity contribution in [3.63, 3.8) is 0 Å². The maximum atomic E-state index is 12.8. The van der Waals surface area contributed by atoms with Crippen LogP contribution in [0.25, 0.3) is 5.65 Å². The van der Waals surface area contributed by atoms with Gasteiger partial charge in [-0.3, -0.25) is 9.20 Å². The van der Waals surface area contributed by atoms with E-state index in [0.717, 1.165) is 5.69 Å². The van der Waals surface area contributed by atoms with Gasteiger partial charge in [-0.2, -0.15) is 0 Å². The van der Waals surface area contributed by atoms with Gasteiger partial charge in [0.2, 0.25) is 0 Å². The van der Waals surface area contributed by atoms with Crippen LogP contribution in [0.5, 0.6) is 5.75 Å². The van der Waals surface area contributed by atoms with E-state index in [4.69, 9.17) is 4.74 Å². The Bertz CT molecular complexity index is 857. The molecule has 132 valence electrons. The van der Waals surface area contributed by atoms with Crippen molar-refractivity contribution >= 4 is 11.6 Å². The number of carbonyl (C=O) groups excluding carboxylic acids is 1. The third kappa shape index (κ3) is 3.48. The molecule has 3 aromatic heterocycles. The van der Waals surface area contributed by atoms with Crippen molar-refractivity contribution in [2.24, 2.45) is 0 Å². The van der Waals surface area contributed by atoms with Crippen LogP contribution in [0.2, 0.25) is 0 Å². The number of nitrogens with one attached hydrogen (secondary N) is 2. The Balaban J connectivity index is 1.86. The molecule has 1 atom stereocenters. The summed E-state index contributed by atoms with van der Waals surface area (Å²) in [5.41, 5.74) is 2.39. The summed E-state index contributed by atoms with van der Waals surface area (Å²) in [4.78, 5) is 24.2. The van der Waals surface area contributed by atoms with Crippen LogP contribution in [0.1, 0.15) is 28.8 Å². The second kappa shape index (κ2) is 7.35. The molecular weight excluding hydrogens is 322 g/mol. The molecule has 8 heteroatoms. The highest BCUT2D eigenvalue weighted by Crippen LogP contribution is 2.22. The lowest BCUT2D eigenvalue weighted by Gasteiger charge is -2.15. The molecule has 8 nitrogen and oxygen atoms in total. The van der Waals surface area contributed by atoms with Gasteiger partial charge in [-0.15, -0.1) is 0 Å². The number of imidazole rings is 2. The largest absolute Gasteiger partial charge is 0.490 e. The van der Waals surface area contributed by atoms with Crippen molar-refractivity contribution in [2.75, 3.05) is 13.2 Å². The van der Waals surface area contributed by atoms with Crippen molar-refractivity contribution in [3.8, 4) is 5.75 Å². The molecule has 0 aliphatic rings. The summed E-state index contributed by atoms with van der Waals surface area (Å²) in [6, 6.07) is 3.19. The van der Waals surface area contributed by atoms with E-state index in [1.807, 2.05) is 19.1 Å². The SMILES string of the molecule is CCOc1cccn2c(C(=O)N[C@@H](CO)Cc3c[nH]cn3)c(C)nc12. The standard InChI is InChI=1S/C17H21N5O3/c1-3-25-14-5-4-6-22-15(11(2)20-16(14)22)17(24)21-13(9-23)7-12-8-18-10-19-12/h4-6,8,10,13,23H,3,7,9H2,1-2H3,(H,18,19)(H,21,24)/t13-/m1/s1. The summed E-state index contributed by atoms with van der Waals surface area (Å²) in [5, 5.41) is 12.4. The van der Waals surface area contributed by atoms with Crippen LogP contribution in [0.15, 0.2) is 30.9 Å². The first-order chi connectivity index (χ1) is 12.1. The third-order valence-electron chi connectivity index (χ3n) is 3.87. The predicted molar refractivity (Wildman–Crippen MR) is 91.7 cm³/mol. The van der Waals surface area contributed by atoms with Crippen molar-refractivity contribution in [1.29, 1.82) is 0 Å². The number of amides is 1. The van der Waals surface area contributed by atoms with Crippen molar-refractivity contribution in [1.82, 2.24) is 24.7 Å². The van der Waals surface area contributed by atoms with Gasteiger partial charge in [-0.05, 0) is 26.0 Å². The molecule has 3 N–H and O–H groups in total. The van der Waals surface area contributed by atoms with Crippen molar-refractivity contribution in [2.45, 2.75) is 26.3 Å². The van der Waals surface area contributed by atoms with E-state index in [1.54, 1.807) is 30.0 Å². The number of aromatic nitrogens is 4. The molecule has 0 bridgehead atoms. The Kier molecular flexibility index (Phi) is 4.99. The fourth-order valence-electron chi connectivity index (χ4n) is 2.77. The van der Waals surface area contributed by atoms with Crippen LogP contribution >= 0.6 is 0 Å². The molecule has 0 spiro atoms. The van der Waals surface area contributed by atoms with E-state index in [2.05, 4.69) is 20.3 Å². The van der Waals surface area contributed by atoms with Gasteiger partial charge in [-0.1, -0.05) is 0 Å². The molecule has 0 unspecified atom stereocenters. The molecule has 0 fully saturated rings. The smallest absolute Gasteiger partial charge is 0.270 e. The lowest BCUT2D eigenvalue weighted by atomic mass is 10.1. The highest BCUT2D eigenvalue weighted by atomic mass is 16.5. The zero-order valence-corrected chi connectivity index (χ0v) is 14.2. The fraction of sp³-hybridized carbons (Fsp3) is 0.353. The first-order valence-corrected chi connectivity index (χ1v) is 8.13. The van der Waals surface area contributed by atoms with Crippen LogP contribution in [0, 0.1) is 6.92 Å². The third-order valence-corrected chi connectivity index (χ3v) is 3.87. The van der Waals surface area contributed by atoms with E-state index in [0.29, 0.717) is 35.8 Å². The minimum atomic E-state index is -0.434. The predicted octanol–water partition coefficient (Wildman–Crippen LogP) is 1.10. The topological polar surface area (TPSA) is 105 Å². The lowest BCUT2D eigenvalue weighted by molar-refractivity contribution is 0.0909. The molecule has 1 amide bonds. The van der Waals surface area contributed by atoms with Crippen molar-refractivity contribution in [3.05, 3.63) is 47.9 Å². The monoisotopic (exact) mass is 343 g/mol. The maximum Gasteiger partial charge on any atom is 0.270 e. The molecule has 0 aliphatic carbocycles. The first kappa shape index (κ1) is 17.0. The minimum Gasteiger partial charge on any atom is -0.490 e. The molecule has 0 radical (unpaired) electrons. The number of hydrogen-bond acceptors (Lipinski definition) is 5. The molecule has 3 heterocycles. The molecule has 3 aromatic rings. The average molecular weight is 343 g/mol. The Morgan fingerprint density at radius 2 is 2.36 bits per heavy atom. The number of fused-ring (bicyclic) bond motifs is 1. The first-order valence-electron chi connectivity index (χ1n) is 8.13. The average Bonchev–Trinajstić information content (AvgIpc) is 3.21. The molecule has 0 aromatic carbocycles. The zero-order valence-electron chi connectivity index (χ0n) is 14.2. The Labute approximate surface area is 144 Å². The summed E-state index contributed by atoms with van der Waals surface area (Å²) < 4.78 is 7.28. The van der Waals surface area contributed by atoms with E-state index in [-0.39, 0.29) is 12.5 Å². The van der Waals surface area contributed by atoms with Gasteiger partial charge in [0.15, 0.2) is 11.4 Å². The second-order valence-corrected chi connectivity index (χ2v) is 5.66. The van der Waals surface area contributed by atoms with Crippen molar-refractivity contribution < 1.29 is 14.6 Å². The number of aliphatic hydroxyl groups excluding tert-OH is 1. The Hall–Kier alpha value is -2.87. The fourth-order valence-corrected chi connectivity index (χ4v) is 2.77. The van der Waals surface area contributed by atoms with Gasteiger partial charge in [0.25, 0.3) is 5.91 Å². The van der Waals surface area contributed by atoms with E-state index < -0.39 is 6.04 Å². The second-order valence-electron chi connectivity index (χ2n) is 5.66. The molecule has 0 saturated heterocycles. The minimum absolute atomic E-state index is 0.182. The number of aryl methyl sites for hydroxylation is 1.